The maximum atomic E-state index is 8.17. The van der Waals surface area contributed by atoms with Crippen molar-refractivity contribution >= 4 is 0 Å². The molecule has 10 heavy (non-hydrogen) atoms. The zero-order valence-electron chi connectivity index (χ0n) is 5.14. The molecule has 0 aliphatic rings. The molecule has 0 saturated heterocycles. The quantitative estimate of drug-likeness (QED) is 0.604. The Hall–Kier alpha value is -1.10. The number of para-hydroxylation sites is 1. The number of benzene rings is 1. The lowest BCUT2D eigenvalue weighted by atomic mass is 10.3. The lowest BCUT2D eigenvalue weighted by Crippen LogP contribution is -2.17. The Morgan fingerprint density at radius 3 is 2.20 bits per heavy atom. The maximum absolute atomic E-state index is 8.17. The number of hydrogen-bond acceptors (Lipinski definition) is 4. The van der Waals surface area contributed by atoms with Gasteiger partial charge in [-0.2, -0.15) is 0 Å². The van der Waals surface area contributed by atoms with E-state index in [1.165, 1.54) is 0 Å². The third kappa shape index (κ3) is 2.02. The second-order valence-electron chi connectivity index (χ2n) is 1.66. The minimum Gasteiger partial charge on any atom is -0.357 e. The van der Waals surface area contributed by atoms with E-state index in [0.717, 1.165) is 0 Å². The van der Waals surface area contributed by atoms with E-state index in [4.69, 9.17) is 10.4 Å². The highest BCUT2D eigenvalue weighted by Crippen LogP contribution is 2.07. The zero-order valence-corrected chi connectivity index (χ0v) is 5.14. The van der Waals surface area contributed by atoms with Crippen molar-refractivity contribution in [3.05, 3.63) is 30.3 Å². The van der Waals surface area contributed by atoms with Gasteiger partial charge < -0.3 is 4.84 Å². The maximum Gasteiger partial charge on any atom is 0.153 e. The minimum absolute atomic E-state index is 0.338. The summed E-state index contributed by atoms with van der Waals surface area (Å²) in [5.74, 6) is 0.368. The molecule has 4 nitrogen and oxygen atoms in total. The van der Waals surface area contributed by atoms with Crippen LogP contribution in [0.1, 0.15) is 0 Å². The van der Waals surface area contributed by atoms with Gasteiger partial charge in [-0.25, -0.2) is 0 Å². The van der Waals surface area contributed by atoms with Gasteiger partial charge in [0.1, 0.15) is 5.39 Å². The Balaban J connectivity index is 2.59. The fourth-order valence-corrected chi connectivity index (χ4v) is 0.576. The van der Waals surface area contributed by atoms with Gasteiger partial charge in [0.25, 0.3) is 0 Å². The molecule has 0 radical (unpaired) electrons. The molecular weight excluding hydrogens is 134 g/mol. The summed E-state index contributed by atoms with van der Waals surface area (Å²) in [6, 6.07) is 8.43. The first-order chi connectivity index (χ1) is 4.79. The van der Waals surface area contributed by atoms with Crippen LogP contribution in [-0.4, -0.2) is 15.8 Å². The summed E-state index contributed by atoms with van der Waals surface area (Å²) >= 11 is 0. The highest BCUT2D eigenvalue weighted by molar-refractivity contribution is 5.20. The van der Waals surface area contributed by atoms with Crippen LogP contribution in [0.5, 0.6) is 5.75 Å². The van der Waals surface area contributed by atoms with Crippen LogP contribution in [0.15, 0.2) is 30.3 Å². The van der Waals surface area contributed by atoms with Gasteiger partial charge in [-0.1, -0.05) is 18.2 Å². The summed E-state index contributed by atoms with van der Waals surface area (Å²) in [6.07, 6.45) is 0. The van der Waals surface area contributed by atoms with E-state index < -0.39 is 0 Å². The molecule has 0 aliphatic carbocycles. The molecule has 0 atom stereocenters. The van der Waals surface area contributed by atoms with Crippen LogP contribution in [0.2, 0.25) is 0 Å². The summed E-state index contributed by atoms with van der Waals surface area (Å²) in [7, 11) is 0. The van der Waals surface area contributed by atoms with Crippen molar-refractivity contribution in [1.29, 1.82) is 0 Å². The molecule has 0 heterocycles. The first-order valence-electron chi connectivity index (χ1n) is 2.70. The Morgan fingerprint density at radius 2 is 1.70 bits per heavy atom. The van der Waals surface area contributed by atoms with E-state index in [2.05, 4.69) is 4.84 Å². The molecule has 0 unspecified atom stereocenters. The van der Waals surface area contributed by atoms with E-state index in [-0.39, 0.29) is 5.39 Å². The molecule has 1 aromatic rings. The standard InChI is InChI=1S/C6H7NO3/c8-7(9)10-6-4-2-1-3-5-6/h1-5,8-9H. The minimum atomic E-state index is -0.338. The van der Waals surface area contributed by atoms with Gasteiger partial charge in [-0.05, 0) is 12.1 Å². The Morgan fingerprint density at radius 1 is 1.10 bits per heavy atom. The summed E-state index contributed by atoms with van der Waals surface area (Å²) in [5.41, 5.74) is 0. The molecule has 1 aromatic carbocycles. The van der Waals surface area contributed by atoms with E-state index in [1.807, 2.05) is 0 Å². The van der Waals surface area contributed by atoms with Crippen molar-refractivity contribution in [1.82, 2.24) is 5.39 Å². The molecule has 0 aliphatic heterocycles. The molecule has 1 rings (SSSR count). The van der Waals surface area contributed by atoms with Crippen LogP contribution in [-0.2, 0) is 0 Å². The first kappa shape index (κ1) is 7.01. The Labute approximate surface area is 57.8 Å². The lowest BCUT2D eigenvalue weighted by molar-refractivity contribution is -0.451. The van der Waals surface area contributed by atoms with Crippen molar-refractivity contribution in [3.63, 3.8) is 0 Å². The topological polar surface area (TPSA) is 52.9 Å². The average molecular weight is 141 g/mol. The van der Waals surface area contributed by atoms with E-state index in [0.29, 0.717) is 5.75 Å². The van der Waals surface area contributed by atoms with Crippen LogP contribution in [0.4, 0.5) is 0 Å². The van der Waals surface area contributed by atoms with E-state index in [1.54, 1.807) is 30.3 Å². The van der Waals surface area contributed by atoms with Gasteiger partial charge in [0, 0.05) is 0 Å². The monoisotopic (exact) mass is 141 g/mol. The van der Waals surface area contributed by atoms with Crippen LogP contribution in [0.25, 0.3) is 0 Å². The predicted octanol–water partition coefficient (Wildman–Crippen LogP) is 1.06. The number of hydrogen-bond donors (Lipinski definition) is 2. The fraction of sp³-hybridized carbons (Fsp3) is 0. The SMILES string of the molecule is ON(O)Oc1ccccc1. The highest BCUT2D eigenvalue weighted by atomic mass is 17.1. The second kappa shape index (κ2) is 3.17. The largest absolute Gasteiger partial charge is 0.357 e. The zero-order chi connectivity index (χ0) is 7.40. The Bertz CT molecular complexity index is 187. The summed E-state index contributed by atoms with van der Waals surface area (Å²) in [6.45, 7) is 0. The van der Waals surface area contributed by atoms with Crippen LogP contribution < -0.4 is 4.84 Å². The molecule has 4 heteroatoms. The molecular formula is C6H7NO3. The lowest BCUT2D eigenvalue weighted by Gasteiger charge is -2.05. The van der Waals surface area contributed by atoms with Crippen LogP contribution in [0.3, 0.4) is 0 Å². The van der Waals surface area contributed by atoms with Crippen LogP contribution >= 0.6 is 0 Å². The van der Waals surface area contributed by atoms with Crippen molar-refractivity contribution in [3.8, 4) is 5.75 Å². The van der Waals surface area contributed by atoms with Crippen molar-refractivity contribution in [2.24, 2.45) is 0 Å². The molecule has 2 N–H and O–H groups in total. The van der Waals surface area contributed by atoms with Gasteiger partial charge in [-0.3, -0.25) is 10.4 Å². The fourth-order valence-electron chi connectivity index (χ4n) is 0.576. The number of nitrogens with zero attached hydrogens (tertiary/aromatic N) is 1. The number of rotatable bonds is 2. The summed E-state index contributed by atoms with van der Waals surface area (Å²) in [4.78, 5) is 4.36. The second-order valence-corrected chi connectivity index (χ2v) is 1.66. The highest BCUT2D eigenvalue weighted by Gasteiger charge is 1.94. The third-order valence-corrected chi connectivity index (χ3v) is 0.930. The van der Waals surface area contributed by atoms with Gasteiger partial charge in [-0.15, -0.1) is 0 Å². The Kier molecular flexibility index (Phi) is 2.22. The first-order valence-corrected chi connectivity index (χ1v) is 2.70. The molecule has 0 saturated carbocycles. The third-order valence-electron chi connectivity index (χ3n) is 0.930. The smallest absolute Gasteiger partial charge is 0.153 e. The molecule has 0 fully saturated rings. The molecule has 0 amide bonds. The van der Waals surface area contributed by atoms with Gasteiger partial charge in [0.05, 0.1) is 0 Å². The molecule has 0 aromatic heterocycles. The molecule has 0 bridgehead atoms. The van der Waals surface area contributed by atoms with Gasteiger partial charge in [0.2, 0.25) is 0 Å². The molecule has 0 spiro atoms. The van der Waals surface area contributed by atoms with Crippen molar-refractivity contribution in [2.45, 2.75) is 0 Å². The van der Waals surface area contributed by atoms with Crippen molar-refractivity contribution in [2.75, 3.05) is 0 Å². The van der Waals surface area contributed by atoms with Crippen molar-refractivity contribution < 1.29 is 15.3 Å². The normalized spacial score (nSPS) is 9.90. The molecule has 54 valence electrons. The predicted molar refractivity (Wildman–Crippen MR) is 32.5 cm³/mol. The van der Waals surface area contributed by atoms with Gasteiger partial charge in [0.15, 0.2) is 5.75 Å². The van der Waals surface area contributed by atoms with Crippen LogP contribution in [0, 0.1) is 0 Å². The summed E-state index contributed by atoms with van der Waals surface area (Å²) in [5, 5.41) is 16.0. The van der Waals surface area contributed by atoms with E-state index in [9.17, 15) is 0 Å². The van der Waals surface area contributed by atoms with Gasteiger partial charge >= 0.3 is 0 Å². The summed E-state index contributed by atoms with van der Waals surface area (Å²) < 4.78 is 0. The van der Waals surface area contributed by atoms with E-state index >= 15 is 0 Å². The average Bonchev–Trinajstić information content (AvgIpc) is 1.88.